The van der Waals surface area contributed by atoms with E-state index < -0.39 is 20.7 Å². The van der Waals surface area contributed by atoms with Crippen molar-refractivity contribution in [1.29, 1.82) is 0 Å². The Balaban J connectivity index is 2.03. The Bertz CT molecular complexity index is 511. The average molecular weight is 488 g/mol. The molecule has 0 saturated carbocycles. The molecule has 0 spiro atoms. The number of ketones is 2. The van der Waals surface area contributed by atoms with Crippen molar-refractivity contribution in [3.8, 4) is 0 Å². The number of carbonyl (C=O) groups excluding carboxylic acids is 2. The predicted molar refractivity (Wildman–Crippen MR) is 92.6 cm³/mol. The van der Waals surface area contributed by atoms with Crippen LogP contribution >= 0.6 is 41.5 Å². The summed E-state index contributed by atoms with van der Waals surface area (Å²) in [6.07, 6.45) is 4.19. The van der Waals surface area contributed by atoms with Gasteiger partial charge in [-0.25, -0.2) is 0 Å². The molecule has 2 N–H and O–H groups in total. The van der Waals surface area contributed by atoms with Crippen LogP contribution in [0.1, 0.15) is 19.3 Å². The Hall–Kier alpha value is -0.220. The van der Waals surface area contributed by atoms with Crippen LogP contribution in [0.5, 0.6) is 0 Å². The molecule has 2 heterocycles. The highest BCUT2D eigenvalue weighted by molar-refractivity contribution is 14.2. The van der Waals surface area contributed by atoms with Crippen LogP contribution < -0.4 is 0 Å². The topological polar surface area (TPSA) is 74.6 Å². The predicted octanol–water partition coefficient (Wildman–Crippen LogP) is 1.92. The van der Waals surface area contributed by atoms with Gasteiger partial charge in [0.05, 0.1) is 12.5 Å². The maximum absolute atomic E-state index is 12.0. The van der Waals surface area contributed by atoms with Crippen molar-refractivity contribution >= 4 is 60.5 Å². The van der Waals surface area contributed by atoms with Crippen molar-refractivity contribution in [2.24, 2.45) is 0 Å². The van der Waals surface area contributed by atoms with Crippen molar-refractivity contribution in [2.75, 3.05) is 4.43 Å². The molecule has 0 fully saturated rings. The van der Waals surface area contributed by atoms with Crippen molar-refractivity contribution in [1.82, 2.24) is 0 Å². The largest absolute Gasteiger partial charge is 0.511 e. The molecule has 2 aliphatic rings. The fraction of sp³-hybridized carbons (Fsp3) is 0.385. The second kappa shape index (κ2) is 6.98. The monoisotopic (exact) mass is 488 g/mol. The number of aliphatic hydroxyl groups excluding tert-OH is 2. The third-order valence-electron chi connectivity index (χ3n) is 2.69. The molecule has 0 bridgehead atoms. The summed E-state index contributed by atoms with van der Waals surface area (Å²) in [7, 11) is 0. The van der Waals surface area contributed by atoms with E-state index in [1.807, 2.05) is 0 Å². The van der Waals surface area contributed by atoms with Gasteiger partial charge in [0.15, 0.2) is 11.6 Å². The lowest BCUT2D eigenvalue weighted by atomic mass is 10.1. The molecular formula is C13H14I2O4. The summed E-state index contributed by atoms with van der Waals surface area (Å²) in [5, 5.41) is 19.4. The molecule has 0 aromatic heterocycles. The van der Waals surface area contributed by atoms with Crippen LogP contribution in [0.15, 0.2) is 21.5 Å². The van der Waals surface area contributed by atoms with Gasteiger partial charge in [-0.1, -0.05) is 20.7 Å². The summed E-state index contributed by atoms with van der Waals surface area (Å²) in [6, 6.07) is 0. The number of aliphatic hydroxyl groups is 2. The normalized spacial score (nSPS) is 26.1. The van der Waals surface area contributed by atoms with Gasteiger partial charge < -0.3 is 10.2 Å². The number of carbonyl (C=O) groups is 2. The Morgan fingerprint density at radius 2 is 2.21 bits per heavy atom. The van der Waals surface area contributed by atoms with Gasteiger partial charge in [-0.3, -0.25) is 9.59 Å². The minimum Gasteiger partial charge on any atom is -0.511 e. The van der Waals surface area contributed by atoms with Gasteiger partial charge in [-0.15, -0.1) is 20.7 Å². The molecule has 0 saturated heterocycles. The van der Waals surface area contributed by atoms with Crippen LogP contribution in [0.3, 0.4) is 0 Å². The highest BCUT2D eigenvalue weighted by atomic mass is 127. The molecule has 6 heteroatoms. The van der Waals surface area contributed by atoms with E-state index in [1.54, 1.807) is 10.1 Å². The van der Waals surface area contributed by atoms with E-state index in [0.717, 1.165) is 11.5 Å². The molecule has 0 aromatic carbocycles. The van der Waals surface area contributed by atoms with Crippen molar-refractivity contribution in [3.63, 3.8) is 0 Å². The quantitative estimate of drug-likeness (QED) is 0.362. The summed E-state index contributed by atoms with van der Waals surface area (Å²) in [5.41, 5.74) is 0. The minimum absolute atomic E-state index is 0.0130. The van der Waals surface area contributed by atoms with E-state index in [1.165, 1.54) is 6.08 Å². The van der Waals surface area contributed by atoms with Crippen LogP contribution in [0.25, 0.3) is 0 Å². The summed E-state index contributed by atoms with van der Waals surface area (Å²) < 4.78 is 4.02. The number of allylic oxidation sites excluding steroid dienone is 4. The smallest absolute Gasteiger partial charge is 0.184 e. The molecular weight excluding hydrogens is 474 g/mol. The number of alkyl halides is 1. The van der Waals surface area contributed by atoms with Crippen molar-refractivity contribution < 1.29 is 19.8 Å². The standard InChI is InChI=1S/C13H14I2O4/c16-8-1-3-10(14-6-8)12(18)5-13(19)11-4-2-9(17)7-15-11/h1,3,6,9,17-18H,2,4-5,7H2. The second-order valence-electron chi connectivity index (χ2n) is 4.23. The molecule has 2 rings (SSSR count). The minimum atomic E-state index is -0.614. The number of hydrogen-bond acceptors (Lipinski definition) is 4. The van der Waals surface area contributed by atoms with Crippen LogP contribution in [-0.4, -0.2) is 39.8 Å². The first-order valence-electron chi connectivity index (χ1n) is 5.83. The molecule has 4 nitrogen and oxygen atoms in total. The molecule has 0 amide bonds. The van der Waals surface area contributed by atoms with E-state index in [-0.39, 0.29) is 50.6 Å². The van der Waals surface area contributed by atoms with Crippen LogP contribution in [-0.2, 0) is 9.59 Å². The van der Waals surface area contributed by atoms with Crippen molar-refractivity contribution in [3.05, 3.63) is 21.5 Å². The fourth-order valence-electron chi connectivity index (χ4n) is 1.67. The Morgan fingerprint density at radius 3 is 2.79 bits per heavy atom. The molecule has 19 heavy (non-hydrogen) atoms. The highest BCUT2D eigenvalue weighted by Crippen LogP contribution is 2.25. The first kappa shape index (κ1) is 15.2. The highest BCUT2D eigenvalue weighted by Gasteiger charge is 2.19. The van der Waals surface area contributed by atoms with Gasteiger partial charge in [0.25, 0.3) is 0 Å². The molecule has 1 unspecified atom stereocenters. The number of Topliss-reactive ketones (excluding diaryl/α,β-unsaturated/α-hetero) is 1. The summed E-state index contributed by atoms with van der Waals surface area (Å²) in [5.74, 6) is 0.108. The number of rotatable bonds is 3. The van der Waals surface area contributed by atoms with Gasteiger partial charge in [0.1, 0.15) is 5.76 Å². The molecule has 104 valence electrons. The van der Waals surface area contributed by atoms with Gasteiger partial charge in [0.2, 0.25) is 0 Å². The second-order valence-corrected chi connectivity index (χ2v) is 9.59. The maximum Gasteiger partial charge on any atom is 0.184 e. The third-order valence-corrected chi connectivity index (χ3v) is 8.79. The van der Waals surface area contributed by atoms with E-state index >= 15 is 0 Å². The summed E-state index contributed by atoms with van der Waals surface area (Å²) in [4.78, 5) is 23.1. The average Bonchev–Trinajstić information content (AvgIpc) is 2.40. The van der Waals surface area contributed by atoms with Gasteiger partial charge in [0, 0.05) is 15.5 Å². The molecule has 0 aliphatic carbocycles. The van der Waals surface area contributed by atoms with Gasteiger partial charge >= 0.3 is 0 Å². The van der Waals surface area contributed by atoms with Gasteiger partial charge in [-0.2, -0.15) is 0 Å². The van der Waals surface area contributed by atoms with Crippen molar-refractivity contribution in [2.45, 2.75) is 25.4 Å². The number of hydrogen-bond donors (Lipinski definition) is 2. The van der Waals surface area contributed by atoms with Gasteiger partial charge in [-0.05, 0) is 25.0 Å². The van der Waals surface area contributed by atoms with Crippen LogP contribution in [0, 0.1) is 0 Å². The SMILES string of the molecule is O=C1C=CC(=C(O)CC(=O)C2=ICC(O)CC2)I=C1. The Kier molecular flexibility index (Phi) is 5.58. The maximum atomic E-state index is 12.0. The molecule has 1 atom stereocenters. The zero-order valence-electron chi connectivity index (χ0n) is 10.1. The summed E-state index contributed by atoms with van der Waals surface area (Å²) in [6.45, 7) is 0. The van der Waals surface area contributed by atoms with Crippen LogP contribution in [0.4, 0.5) is 0 Å². The van der Waals surface area contributed by atoms with Crippen LogP contribution in [0.2, 0.25) is 0 Å². The van der Waals surface area contributed by atoms with E-state index in [2.05, 4.69) is 0 Å². The summed E-state index contributed by atoms with van der Waals surface area (Å²) >= 11 is -0.991. The van der Waals surface area contributed by atoms with E-state index in [4.69, 9.17) is 0 Å². The lowest BCUT2D eigenvalue weighted by Crippen LogP contribution is -2.21. The third kappa shape index (κ3) is 4.38. The first-order chi connectivity index (χ1) is 9.06. The first-order valence-corrected chi connectivity index (χ1v) is 10.8. The van der Waals surface area contributed by atoms with E-state index in [9.17, 15) is 19.8 Å². The molecule has 0 radical (unpaired) electrons. The lowest BCUT2D eigenvalue weighted by Gasteiger charge is -2.15. The molecule has 0 aromatic rings. The lowest BCUT2D eigenvalue weighted by molar-refractivity contribution is -0.112. The Labute approximate surface area is 131 Å². The Morgan fingerprint density at radius 1 is 1.42 bits per heavy atom. The number of halogens is 2. The zero-order valence-corrected chi connectivity index (χ0v) is 14.4. The fourth-order valence-corrected chi connectivity index (χ4v) is 6.24. The van der Waals surface area contributed by atoms with E-state index in [0.29, 0.717) is 12.8 Å². The zero-order chi connectivity index (χ0) is 13.8. The molecule has 2 aliphatic heterocycles.